The lowest BCUT2D eigenvalue weighted by molar-refractivity contribution is 0.0929. The van der Waals surface area contributed by atoms with E-state index in [0.717, 1.165) is 28.1 Å². The summed E-state index contributed by atoms with van der Waals surface area (Å²) in [5.74, 6) is 1.01. The first kappa shape index (κ1) is 25.0. The topological polar surface area (TPSA) is 73.1 Å². The summed E-state index contributed by atoms with van der Waals surface area (Å²) in [5.41, 5.74) is 6.20. The van der Waals surface area contributed by atoms with Crippen molar-refractivity contribution in [3.05, 3.63) is 88.7 Å². The van der Waals surface area contributed by atoms with Crippen LogP contribution in [0.5, 0.6) is 11.5 Å². The van der Waals surface area contributed by atoms with Crippen molar-refractivity contribution in [3.63, 3.8) is 0 Å². The van der Waals surface area contributed by atoms with Gasteiger partial charge in [0.05, 0.1) is 20.5 Å². The minimum Gasteiger partial charge on any atom is -0.493 e. The van der Waals surface area contributed by atoms with E-state index in [1.807, 2.05) is 36.4 Å². The van der Waals surface area contributed by atoms with E-state index in [-0.39, 0.29) is 5.76 Å². The number of fused-ring (bicyclic) bond motifs is 1. The average molecular weight is 745 g/mol. The molecule has 0 saturated carbocycles. The second kappa shape index (κ2) is 11.1. The maximum absolute atomic E-state index is 12.5. The number of benzene rings is 3. The van der Waals surface area contributed by atoms with Crippen molar-refractivity contribution in [2.45, 2.75) is 13.5 Å². The Morgan fingerprint density at radius 2 is 1.97 bits per heavy atom. The number of nitrogens with one attached hydrogen (secondary N) is 1. The maximum atomic E-state index is 12.5. The second-order valence-electron chi connectivity index (χ2n) is 7.43. The van der Waals surface area contributed by atoms with Gasteiger partial charge in [0.15, 0.2) is 17.3 Å². The number of nitrogens with zero attached hydrogens (tertiary/aromatic N) is 1. The lowest BCUT2D eigenvalue weighted by atomic mass is 10.1. The predicted octanol–water partition coefficient (Wildman–Crippen LogP) is 7.06. The molecule has 9 heteroatoms. The Labute approximate surface area is 232 Å². The number of aryl methyl sites for hydroxylation is 1. The summed E-state index contributed by atoms with van der Waals surface area (Å²) in [6, 6.07) is 17.4. The number of ether oxygens (including phenoxy) is 2. The van der Waals surface area contributed by atoms with Crippen LogP contribution in [0.15, 0.2) is 68.6 Å². The van der Waals surface area contributed by atoms with Gasteiger partial charge in [-0.05, 0) is 93.6 Å². The molecule has 6 nitrogen and oxygen atoms in total. The molecule has 0 fully saturated rings. The average Bonchev–Trinajstić information content (AvgIpc) is 3.22. The van der Waals surface area contributed by atoms with E-state index in [1.54, 1.807) is 19.4 Å². The molecule has 0 aliphatic carbocycles. The minimum atomic E-state index is -0.431. The standard InChI is InChI=1S/C25H19BrI2N2O4/c1-14-4-3-5-15(6-14)13-33-24-19(27)7-16(8-21(24)32-2)12-29-30-25(31)22-10-17-9-18(26)11-20(28)23(17)34-22/h3-12H,13H2,1-2H3,(H,30,31)/b29-12-. The van der Waals surface area contributed by atoms with Crippen LogP contribution in [0.1, 0.15) is 27.2 Å². The van der Waals surface area contributed by atoms with Gasteiger partial charge >= 0.3 is 5.91 Å². The monoisotopic (exact) mass is 744 g/mol. The molecule has 1 heterocycles. The molecule has 0 aliphatic rings. The fraction of sp³-hybridized carbons (Fsp3) is 0.120. The summed E-state index contributed by atoms with van der Waals surface area (Å²) in [7, 11) is 1.59. The summed E-state index contributed by atoms with van der Waals surface area (Å²) < 4.78 is 20.0. The minimum absolute atomic E-state index is 0.190. The summed E-state index contributed by atoms with van der Waals surface area (Å²) in [6.45, 7) is 2.49. The molecule has 4 rings (SSSR count). The zero-order valence-electron chi connectivity index (χ0n) is 18.2. The first-order valence-corrected chi connectivity index (χ1v) is 13.1. The zero-order chi connectivity index (χ0) is 24.2. The normalized spacial score (nSPS) is 11.2. The van der Waals surface area contributed by atoms with E-state index >= 15 is 0 Å². The van der Waals surface area contributed by atoms with Crippen LogP contribution < -0.4 is 14.9 Å². The molecule has 1 amide bonds. The van der Waals surface area contributed by atoms with Crippen molar-refractivity contribution in [1.82, 2.24) is 5.43 Å². The summed E-state index contributed by atoms with van der Waals surface area (Å²) in [5, 5.41) is 4.92. The highest BCUT2D eigenvalue weighted by atomic mass is 127. The van der Waals surface area contributed by atoms with Crippen LogP contribution in [0.2, 0.25) is 0 Å². The molecule has 1 N–H and O–H groups in total. The molecule has 0 unspecified atom stereocenters. The van der Waals surface area contributed by atoms with E-state index in [4.69, 9.17) is 13.9 Å². The van der Waals surface area contributed by atoms with E-state index in [0.29, 0.717) is 23.7 Å². The Morgan fingerprint density at radius 1 is 1.15 bits per heavy atom. The van der Waals surface area contributed by atoms with Crippen LogP contribution in [0, 0.1) is 14.1 Å². The molecule has 1 aromatic heterocycles. The SMILES string of the molecule is COc1cc(/C=N\NC(=O)c2cc3cc(Br)cc(I)c3o2)cc(I)c1OCc1cccc(C)c1. The first-order valence-electron chi connectivity index (χ1n) is 10.1. The van der Waals surface area contributed by atoms with Gasteiger partial charge in [0.2, 0.25) is 0 Å². The second-order valence-corrected chi connectivity index (χ2v) is 10.7. The van der Waals surface area contributed by atoms with Crippen LogP contribution in [-0.2, 0) is 6.61 Å². The Hall–Kier alpha value is -2.12. The van der Waals surface area contributed by atoms with Gasteiger partial charge in [-0.15, -0.1) is 0 Å². The van der Waals surface area contributed by atoms with Crippen molar-refractivity contribution in [2.24, 2.45) is 5.10 Å². The van der Waals surface area contributed by atoms with Crippen LogP contribution in [0.25, 0.3) is 11.0 Å². The van der Waals surface area contributed by atoms with Gasteiger partial charge in [0.25, 0.3) is 0 Å². The quantitative estimate of drug-likeness (QED) is 0.125. The summed E-state index contributed by atoms with van der Waals surface area (Å²) >= 11 is 7.82. The Kier molecular flexibility index (Phi) is 8.14. The van der Waals surface area contributed by atoms with Crippen LogP contribution in [-0.4, -0.2) is 19.2 Å². The number of furan rings is 1. The number of carbonyl (C=O) groups excluding carboxylic acids is 1. The fourth-order valence-electron chi connectivity index (χ4n) is 3.32. The van der Waals surface area contributed by atoms with Crippen LogP contribution in [0.4, 0.5) is 0 Å². The van der Waals surface area contributed by atoms with E-state index in [9.17, 15) is 4.79 Å². The number of halogens is 3. The summed E-state index contributed by atoms with van der Waals surface area (Å²) in [6.07, 6.45) is 1.55. The van der Waals surface area contributed by atoms with Crippen LogP contribution in [0.3, 0.4) is 0 Å². The molecule has 0 radical (unpaired) electrons. The smallest absolute Gasteiger partial charge is 0.307 e. The molecule has 0 spiro atoms. The Morgan fingerprint density at radius 3 is 2.74 bits per heavy atom. The number of hydrogen-bond donors (Lipinski definition) is 1. The molecular formula is C25H19BrI2N2O4. The van der Waals surface area contributed by atoms with Gasteiger partial charge in [-0.1, -0.05) is 45.8 Å². The van der Waals surface area contributed by atoms with Gasteiger partial charge < -0.3 is 13.9 Å². The van der Waals surface area contributed by atoms with Crippen LogP contribution >= 0.6 is 61.1 Å². The largest absolute Gasteiger partial charge is 0.493 e. The molecule has 174 valence electrons. The Balaban J connectivity index is 1.46. The Bertz CT molecular complexity index is 1400. The zero-order valence-corrected chi connectivity index (χ0v) is 24.1. The molecule has 0 saturated heterocycles. The van der Waals surface area contributed by atoms with Crippen molar-refractivity contribution in [2.75, 3.05) is 7.11 Å². The number of rotatable bonds is 7. The third kappa shape index (κ3) is 5.92. The van der Waals surface area contributed by atoms with Gasteiger partial charge in [-0.3, -0.25) is 4.79 Å². The van der Waals surface area contributed by atoms with Gasteiger partial charge in [0, 0.05) is 9.86 Å². The number of hydrazone groups is 1. The third-order valence-electron chi connectivity index (χ3n) is 4.86. The highest BCUT2D eigenvalue weighted by molar-refractivity contribution is 14.1. The summed E-state index contributed by atoms with van der Waals surface area (Å²) in [4.78, 5) is 12.5. The number of methoxy groups -OCH3 is 1. The molecule has 0 atom stereocenters. The lowest BCUT2D eigenvalue weighted by Gasteiger charge is -2.14. The van der Waals surface area contributed by atoms with Crippen molar-refractivity contribution in [3.8, 4) is 11.5 Å². The molecule has 34 heavy (non-hydrogen) atoms. The van der Waals surface area contributed by atoms with Crippen molar-refractivity contribution in [1.29, 1.82) is 0 Å². The number of hydrogen-bond acceptors (Lipinski definition) is 5. The fourth-order valence-corrected chi connectivity index (χ4v) is 5.76. The van der Waals surface area contributed by atoms with Crippen molar-refractivity contribution >= 4 is 84.2 Å². The van der Waals surface area contributed by atoms with Gasteiger partial charge in [0.1, 0.15) is 12.2 Å². The molecule has 3 aromatic carbocycles. The first-order chi connectivity index (χ1) is 16.3. The van der Waals surface area contributed by atoms with E-state index in [1.165, 1.54) is 5.56 Å². The molecule has 4 aromatic rings. The molecular weight excluding hydrogens is 726 g/mol. The molecule has 0 aliphatic heterocycles. The predicted molar refractivity (Wildman–Crippen MR) is 153 cm³/mol. The van der Waals surface area contributed by atoms with Gasteiger partial charge in [-0.25, -0.2) is 5.43 Å². The number of carbonyl (C=O) groups is 1. The lowest BCUT2D eigenvalue weighted by Crippen LogP contribution is -2.16. The number of amides is 1. The maximum Gasteiger partial charge on any atom is 0.307 e. The van der Waals surface area contributed by atoms with E-state index < -0.39 is 5.91 Å². The molecule has 0 bridgehead atoms. The highest BCUT2D eigenvalue weighted by Crippen LogP contribution is 2.34. The highest BCUT2D eigenvalue weighted by Gasteiger charge is 2.15. The van der Waals surface area contributed by atoms with Gasteiger partial charge in [-0.2, -0.15) is 5.10 Å². The third-order valence-corrected chi connectivity index (χ3v) is 6.92. The van der Waals surface area contributed by atoms with Crippen molar-refractivity contribution < 1.29 is 18.7 Å². The van der Waals surface area contributed by atoms with E-state index in [2.05, 4.69) is 90.7 Å².